The van der Waals surface area contributed by atoms with Crippen LogP contribution >= 0.6 is 12.4 Å². The van der Waals surface area contributed by atoms with E-state index in [4.69, 9.17) is 5.73 Å². The number of nitrogens with one attached hydrogen (secondary N) is 1. The van der Waals surface area contributed by atoms with Gasteiger partial charge in [-0.2, -0.15) is 5.10 Å². The van der Waals surface area contributed by atoms with Crippen LogP contribution in [-0.4, -0.2) is 27.8 Å². The summed E-state index contributed by atoms with van der Waals surface area (Å²) < 4.78 is 1.87. The molecule has 1 amide bonds. The zero-order valence-electron chi connectivity index (χ0n) is 11.2. The van der Waals surface area contributed by atoms with Gasteiger partial charge < -0.3 is 11.1 Å². The SMILES string of the molecule is Cl.NC1(C(=O)NCCCn2cccn2)CCCCC1. The first-order chi connectivity index (χ1) is 8.71. The highest BCUT2D eigenvalue weighted by Crippen LogP contribution is 2.25. The van der Waals surface area contributed by atoms with Crippen molar-refractivity contribution in [3.8, 4) is 0 Å². The molecule has 1 heterocycles. The number of halogens is 1. The number of nitrogens with two attached hydrogens (primary N) is 1. The largest absolute Gasteiger partial charge is 0.354 e. The number of nitrogens with zero attached hydrogens (tertiary/aromatic N) is 2. The molecule has 1 fully saturated rings. The lowest BCUT2D eigenvalue weighted by Crippen LogP contribution is -2.55. The van der Waals surface area contributed by atoms with Gasteiger partial charge in [-0.05, 0) is 25.3 Å². The van der Waals surface area contributed by atoms with Crippen LogP contribution in [0.4, 0.5) is 0 Å². The number of carbonyl (C=O) groups is 1. The molecule has 1 aromatic heterocycles. The first kappa shape index (κ1) is 16.0. The maximum atomic E-state index is 12.0. The minimum Gasteiger partial charge on any atom is -0.354 e. The van der Waals surface area contributed by atoms with Gasteiger partial charge in [-0.25, -0.2) is 0 Å². The molecule has 0 bridgehead atoms. The van der Waals surface area contributed by atoms with Gasteiger partial charge >= 0.3 is 0 Å². The monoisotopic (exact) mass is 286 g/mol. The van der Waals surface area contributed by atoms with Crippen molar-refractivity contribution in [2.75, 3.05) is 6.54 Å². The van der Waals surface area contributed by atoms with Crippen molar-refractivity contribution in [2.45, 2.75) is 50.6 Å². The van der Waals surface area contributed by atoms with Crippen LogP contribution in [0.15, 0.2) is 18.5 Å². The molecule has 2 rings (SSSR count). The minimum absolute atomic E-state index is 0. The predicted octanol–water partition coefficient (Wildman–Crippen LogP) is 1.47. The molecule has 0 radical (unpaired) electrons. The first-order valence-corrected chi connectivity index (χ1v) is 6.75. The van der Waals surface area contributed by atoms with Gasteiger partial charge in [-0.15, -0.1) is 12.4 Å². The number of amides is 1. The molecule has 0 aromatic carbocycles. The summed E-state index contributed by atoms with van der Waals surface area (Å²) in [5, 5.41) is 7.07. The summed E-state index contributed by atoms with van der Waals surface area (Å²) in [5.74, 6) is 0.0164. The van der Waals surface area contributed by atoms with E-state index in [2.05, 4.69) is 10.4 Å². The van der Waals surface area contributed by atoms with Gasteiger partial charge in [0.25, 0.3) is 0 Å². The maximum Gasteiger partial charge on any atom is 0.240 e. The van der Waals surface area contributed by atoms with Gasteiger partial charge in [-0.1, -0.05) is 19.3 Å². The van der Waals surface area contributed by atoms with E-state index >= 15 is 0 Å². The Bertz CT molecular complexity index is 374. The normalized spacial score (nSPS) is 17.5. The van der Waals surface area contributed by atoms with Crippen molar-refractivity contribution >= 4 is 18.3 Å². The topological polar surface area (TPSA) is 72.9 Å². The summed E-state index contributed by atoms with van der Waals surface area (Å²) in [6.07, 6.45) is 9.53. The third kappa shape index (κ3) is 4.51. The maximum absolute atomic E-state index is 12.0. The van der Waals surface area contributed by atoms with E-state index in [1.165, 1.54) is 6.42 Å². The molecule has 5 nitrogen and oxygen atoms in total. The standard InChI is InChI=1S/C13H22N4O.ClH/c14-13(6-2-1-3-7-13)12(18)15-8-4-10-17-11-5-9-16-17;/h5,9,11H,1-4,6-8,10,14H2,(H,15,18);1H. The zero-order valence-corrected chi connectivity index (χ0v) is 12.0. The lowest BCUT2D eigenvalue weighted by molar-refractivity contribution is -0.127. The van der Waals surface area contributed by atoms with E-state index in [1.807, 2.05) is 16.9 Å². The number of rotatable bonds is 5. The highest BCUT2D eigenvalue weighted by molar-refractivity contribution is 5.86. The molecular formula is C13H23ClN4O. The minimum atomic E-state index is -0.621. The average molecular weight is 287 g/mol. The van der Waals surface area contributed by atoms with E-state index in [0.29, 0.717) is 6.54 Å². The number of aromatic nitrogens is 2. The second-order valence-electron chi connectivity index (χ2n) is 5.10. The number of carbonyl (C=O) groups excluding carboxylic acids is 1. The molecule has 0 atom stereocenters. The van der Waals surface area contributed by atoms with Crippen LogP contribution in [0, 0.1) is 0 Å². The fraction of sp³-hybridized carbons (Fsp3) is 0.692. The molecule has 1 aliphatic rings. The predicted molar refractivity (Wildman–Crippen MR) is 77.1 cm³/mol. The zero-order chi connectivity index (χ0) is 12.8. The van der Waals surface area contributed by atoms with E-state index in [-0.39, 0.29) is 18.3 Å². The Morgan fingerprint density at radius 2 is 2.11 bits per heavy atom. The molecule has 0 saturated heterocycles. The molecule has 1 saturated carbocycles. The van der Waals surface area contributed by atoms with Crippen LogP contribution in [0.2, 0.25) is 0 Å². The number of hydrogen-bond acceptors (Lipinski definition) is 3. The Morgan fingerprint density at radius 3 is 2.74 bits per heavy atom. The smallest absolute Gasteiger partial charge is 0.240 e. The lowest BCUT2D eigenvalue weighted by atomic mass is 9.82. The quantitative estimate of drug-likeness (QED) is 0.805. The highest BCUT2D eigenvalue weighted by Gasteiger charge is 2.34. The fourth-order valence-corrected chi connectivity index (χ4v) is 2.46. The van der Waals surface area contributed by atoms with E-state index in [0.717, 1.165) is 38.6 Å². The highest BCUT2D eigenvalue weighted by atomic mass is 35.5. The van der Waals surface area contributed by atoms with Crippen molar-refractivity contribution in [2.24, 2.45) is 5.73 Å². The lowest BCUT2D eigenvalue weighted by Gasteiger charge is -2.31. The van der Waals surface area contributed by atoms with E-state index in [1.54, 1.807) is 6.20 Å². The summed E-state index contributed by atoms with van der Waals surface area (Å²) in [7, 11) is 0. The second kappa shape index (κ2) is 7.50. The molecule has 108 valence electrons. The van der Waals surface area contributed by atoms with Crippen LogP contribution in [0.1, 0.15) is 38.5 Å². The third-order valence-corrected chi connectivity index (χ3v) is 3.61. The summed E-state index contributed by atoms with van der Waals surface area (Å²) in [6.45, 7) is 1.49. The Labute approximate surface area is 120 Å². The van der Waals surface area contributed by atoms with Gasteiger partial charge in [0, 0.05) is 25.5 Å². The van der Waals surface area contributed by atoms with Crippen molar-refractivity contribution in [1.82, 2.24) is 15.1 Å². The van der Waals surface area contributed by atoms with E-state index < -0.39 is 5.54 Å². The molecule has 0 spiro atoms. The number of hydrogen-bond donors (Lipinski definition) is 2. The Kier molecular flexibility index (Phi) is 6.31. The average Bonchev–Trinajstić information content (AvgIpc) is 2.88. The van der Waals surface area contributed by atoms with Crippen LogP contribution in [-0.2, 0) is 11.3 Å². The molecule has 1 aromatic rings. The van der Waals surface area contributed by atoms with Gasteiger partial charge in [-0.3, -0.25) is 9.48 Å². The molecule has 1 aliphatic carbocycles. The van der Waals surface area contributed by atoms with Crippen LogP contribution in [0.3, 0.4) is 0 Å². The first-order valence-electron chi connectivity index (χ1n) is 6.75. The third-order valence-electron chi connectivity index (χ3n) is 3.61. The van der Waals surface area contributed by atoms with Gasteiger partial charge in [0.1, 0.15) is 0 Å². The van der Waals surface area contributed by atoms with Crippen LogP contribution in [0.25, 0.3) is 0 Å². The van der Waals surface area contributed by atoms with Crippen LogP contribution < -0.4 is 11.1 Å². The summed E-state index contributed by atoms with van der Waals surface area (Å²) in [4.78, 5) is 12.0. The van der Waals surface area contributed by atoms with Crippen molar-refractivity contribution in [1.29, 1.82) is 0 Å². The van der Waals surface area contributed by atoms with Crippen molar-refractivity contribution in [3.05, 3.63) is 18.5 Å². The van der Waals surface area contributed by atoms with Gasteiger partial charge in [0.05, 0.1) is 5.54 Å². The molecule has 0 unspecified atom stereocenters. The molecule has 19 heavy (non-hydrogen) atoms. The summed E-state index contributed by atoms with van der Waals surface area (Å²) in [6, 6.07) is 1.90. The Morgan fingerprint density at radius 1 is 1.37 bits per heavy atom. The van der Waals surface area contributed by atoms with Gasteiger partial charge in [0.15, 0.2) is 0 Å². The van der Waals surface area contributed by atoms with E-state index in [9.17, 15) is 4.79 Å². The Balaban J connectivity index is 0.00000180. The van der Waals surface area contributed by atoms with Gasteiger partial charge in [0.2, 0.25) is 5.91 Å². The van der Waals surface area contributed by atoms with Crippen LogP contribution in [0.5, 0.6) is 0 Å². The molecular weight excluding hydrogens is 264 g/mol. The molecule has 0 aliphatic heterocycles. The van der Waals surface area contributed by atoms with Crippen molar-refractivity contribution in [3.63, 3.8) is 0 Å². The second-order valence-corrected chi connectivity index (χ2v) is 5.10. The Hall–Kier alpha value is -1.07. The summed E-state index contributed by atoms with van der Waals surface area (Å²) >= 11 is 0. The molecule has 3 N–H and O–H groups in total. The van der Waals surface area contributed by atoms with Crippen molar-refractivity contribution < 1.29 is 4.79 Å². The molecule has 6 heteroatoms. The fourth-order valence-electron chi connectivity index (χ4n) is 2.46. The summed E-state index contributed by atoms with van der Waals surface area (Å²) in [5.41, 5.74) is 5.53. The number of aryl methyl sites for hydroxylation is 1.